The summed E-state index contributed by atoms with van der Waals surface area (Å²) in [6, 6.07) is 4.69. The lowest BCUT2D eigenvalue weighted by molar-refractivity contribution is -0.385. The van der Waals surface area contributed by atoms with Crippen LogP contribution < -0.4 is 4.90 Å². The number of carbonyl (C=O) groups is 1. The summed E-state index contributed by atoms with van der Waals surface area (Å²) < 4.78 is 0. The van der Waals surface area contributed by atoms with Crippen molar-refractivity contribution in [3.05, 3.63) is 46.0 Å². The lowest BCUT2D eigenvalue weighted by Gasteiger charge is -2.21. The highest BCUT2D eigenvalue weighted by Gasteiger charge is 2.27. The van der Waals surface area contributed by atoms with Crippen LogP contribution in [0.25, 0.3) is 0 Å². The van der Waals surface area contributed by atoms with E-state index in [9.17, 15) is 14.9 Å². The molecule has 1 aliphatic rings. The summed E-state index contributed by atoms with van der Waals surface area (Å²) in [7, 11) is 1.87. The van der Waals surface area contributed by atoms with Crippen LogP contribution in [0.15, 0.2) is 30.4 Å². The molecule has 1 aromatic rings. The van der Waals surface area contributed by atoms with E-state index in [0.717, 1.165) is 24.1 Å². The minimum atomic E-state index is -0.494. The lowest BCUT2D eigenvalue weighted by atomic mass is 10.1. The first-order chi connectivity index (χ1) is 10.4. The molecule has 1 saturated heterocycles. The van der Waals surface area contributed by atoms with Crippen molar-refractivity contribution < 1.29 is 9.72 Å². The molecule has 0 saturated carbocycles. The van der Waals surface area contributed by atoms with Crippen LogP contribution in [0.3, 0.4) is 0 Å². The monoisotopic (exact) mass is 303 g/mol. The second-order valence-corrected chi connectivity index (χ2v) is 5.77. The molecule has 0 aliphatic carbocycles. The zero-order valence-corrected chi connectivity index (χ0v) is 13.0. The van der Waals surface area contributed by atoms with Crippen LogP contribution >= 0.6 is 0 Å². The van der Waals surface area contributed by atoms with Crippen molar-refractivity contribution in [1.82, 2.24) is 4.90 Å². The summed E-state index contributed by atoms with van der Waals surface area (Å²) in [6.45, 7) is 7.75. The van der Waals surface area contributed by atoms with Gasteiger partial charge in [0.1, 0.15) is 5.56 Å². The molecule has 0 radical (unpaired) electrons. The quantitative estimate of drug-likeness (QED) is 0.476. The molecule has 0 unspecified atom stereocenters. The number of nitrogens with zero attached hydrogens (tertiary/aromatic N) is 3. The summed E-state index contributed by atoms with van der Waals surface area (Å²) >= 11 is 0. The van der Waals surface area contributed by atoms with E-state index in [2.05, 4.69) is 6.58 Å². The van der Waals surface area contributed by atoms with Crippen LogP contribution in [-0.2, 0) is 0 Å². The summed E-state index contributed by atoms with van der Waals surface area (Å²) in [5, 5.41) is 11.2. The zero-order valence-electron chi connectivity index (χ0n) is 13.0. The van der Waals surface area contributed by atoms with Crippen LogP contribution in [0.5, 0.6) is 0 Å². The molecule has 1 fully saturated rings. The number of amides is 1. The Morgan fingerprint density at radius 3 is 2.59 bits per heavy atom. The molecule has 22 heavy (non-hydrogen) atoms. The van der Waals surface area contributed by atoms with E-state index in [1.807, 2.05) is 18.9 Å². The van der Waals surface area contributed by atoms with Gasteiger partial charge in [0.2, 0.25) is 0 Å². The molecule has 6 nitrogen and oxygen atoms in total. The van der Waals surface area contributed by atoms with E-state index in [1.54, 1.807) is 17.0 Å². The fourth-order valence-electron chi connectivity index (χ4n) is 2.68. The Hall–Kier alpha value is -2.37. The maximum absolute atomic E-state index is 12.6. The number of hydrogen-bond donors (Lipinski definition) is 0. The van der Waals surface area contributed by atoms with Gasteiger partial charge in [-0.25, -0.2) is 0 Å². The number of nitro groups is 1. The number of benzene rings is 1. The Labute approximate surface area is 130 Å². The van der Waals surface area contributed by atoms with Gasteiger partial charge < -0.3 is 9.80 Å². The van der Waals surface area contributed by atoms with Gasteiger partial charge in [-0.2, -0.15) is 0 Å². The highest BCUT2D eigenvalue weighted by atomic mass is 16.6. The standard InChI is InChI=1S/C16H21N3O3/c1-12(2)11-17(3)13-6-7-15(19(21)22)14(10-13)16(20)18-8-4-5-9-18/h6-7,10H,1,4-5,8-9,11H2,2-3H3. The average Bonchev–Trinajstić information content (AvgIpc) is 2.99. The van der Waals surface area contributed by atoms with Crippen LogP contribution in [0.1, 0.15) is 30.1 Å². The molecule has 0 aromatic heterocycles. The Morgan fingerprint density at radius 1 is 1.41 bits per heavy atom. The largest absolute Gasteiger partial charge is 0.371 e. The van der Waals surface area contributed by atoms with Crippen molar-refractivity contribution in [3.63, 3.8) is 0 Å². The van der Waals surface area contributed by atoms with E-state index in [1.165, 1.54) is 6.07 Å². The average molecular weight is 303 g/mol. The molecule has 118 valence electrons. The van der Waals surface area contributed by atoms with E-state index in [4.69, 9.17) is 0 Å². The second-order valence-electron chi connectivity index (χ2n) is 5.77. The maximum atomic E-state index is 12.6. The van der Waals surface area contributed by atoms with Crippen LogP contribution in [0, 0.1) is 10.1 Å². The molecule has 1 heterocycles. The number of nitro benzene ring substituents is 1. The van der Waals surface area contributed by atoms with Crippen LogP contribution in [0.4, 0.5) is 11.4 Å². The molecule has 0 atom stereocenters. The molecular formula is C16H21N3O3. The van der Waals surface area contributed by atoms with Crippen molar-refractivity contribution in [3.8, 4) is 0 Å². The van der Waals surface area contributed by atoms with Crippen molar-refractivity contribution >= 4 is 17.3 Å². The van der Waals surface area contributed by atoms with Gasteiger partial charge in [-0.1, -0.05) is 12.2 Å². The number of hydrogen-bond acceptors (Lipinski definition) is 4. The first kappa shape index (κ1) is 16.0. The SMILES string of the molecule is C=C(C)CN(C)c1ccc([N+](=O)[O-])c(C(=O)N2CCCC2)c1. The fourth-order valence-corrected chi connectivity index (χ4v) is 2.68. The Kier molecular flexibility index (Phi) is 4.80. The van der Waals surface area contributed by atoms with Crippen molar-refractivity contribution in [2.45, 2.75) is 19.8 Å². The first-order valence-electron chi connectivity index (χ1n) is 7.33. The third-order valence-electron chi connectivity index (χ3n) is 3.75. The number of likely N-dealkylation sites (N-methyl/N-ethyl adjacent to an activating group) is 1. The van der Waals surface area contributed by atoms with Crippen LogP contribution in [-0.4, -0.2) is 42.4 Å². The third-order valence-corrected chi connectivity index (χ3v) is 3.75. The molecule has 0 spiro atoms. The summed E-state index contributed by atoms with van der Waals surface area (Å²) in [4.78, 5) is 26.9. The van der Waals surface area contributed by atoms with Gasteiger partial charge >= 0.3 is 0 Å². The number of likely N-dealkylation sites (tertiary alicyclic amines) is 1. The smallest absolute Gasteiger partial charge is 0.282 e. The highest BCUT2D eigenvalue weighted by molar-refractivity contribution is 5.99. The summed E-state index contributed by atoms with van der Waals surface area (Å²) in [5.41, 5.74) is 1.78. The molecule has 2 rings (SSSR count). The first-order valence-corrected chi connectivity index (χ1v) is 7.33. The third kappa shape index (κ3) is 3.44. The lowest BCUT2D eigenvalue weighted by Crippen LogP contribution is -2.28. The minimum Gasteiger partial charge on any atom is -0.371 e. The van der Waals surface area contributed by atoms with Crippen molar-refractivity contribution in [1.29, 1.82) is 0 Å². The van der Waals surface area contributed by atoms with Gasteiger partial charge in [0, 0.05) is 38.4 Å². The molecular weight excluding hydrogens is 282 g/mol. The van der Waals surface area contributed by atoms with Gasteiger partial charge in [0.05, 0.1) is 4.92 Å². The van der Waals surface area contributed by atoms with Crippen molar-refractivity contribution in [2.75, 3.05) is 31.6 Å². The predicted octanol–water partition coefficient (Wildman–Crippen LogP) is 2.84. The highest BCUT2D eigenvalue weighted by Crippen LogP contribution is 2.27. The molecule has 1 amide bonds. The fraction of sp³-hybridized carbons (Fsp3) is 0.438. The second kappa shape index (κ2) is 6.60. The molecule has 0 N–H and O–H groups in total. The van der Waals surface area contributed by atoms with E-state index in [-0.39, 0.29) is 17.2 Å². The van der Waals surface area contributed by atoms with Gasteiger partial charge in [0.15, 0.2) is 0 Å². The van der Waals surface area contributed by atoms with Gasteiger partial charge in [-0.05, 0) is 31.9 Å². The van der Waals surface area contributed by atoms with Crippen LogP contribution in [0.2, 0.25) is 0 Å². The molecule has 1 aliphatic heterocycles. The number of carbonyl (C=O) groups excluding carboxylic acids is 1. The van der Waals surface area contributed by atoms with Gasteiger partial charge in [-0.15, -0.1) is 0 Å². The Balaban J connectivity index is 2.37. The number of anilines is 1. The maximum Gasteiger partial charge on any atom is 0.282 e. The Morgan fingerprint density at radius 2 is 2.05 bits per heavy atom. The van der Waals surface area contributed by atoms with Crippen molar-refractivity contribution in [2.24, 2.45) is 0 Å². The molecule has 6 heteroatoms. The normalized spacial score (nSPS) is 14.0. The minimum absolute atomic E-state index is 0.135. The summed E-state index contributed by atoms with van der Waals surface area (Å²) in [5.74, 6) is -0.255. The number of rotatable bonds is 5. The van der Waals surface area contributed by atoms with E-state index < -0.39 is 4.92 Å². The topological polar surface area (TPSA) is 66.7 Å². The summed E-state index contributed by atoms with van der Waals surface area (Å²) in [6.07, 6.45) is 1.91. The predicted molar refractivity (Wildman–Crippen MR) is 86.3 cm³/mol. The van der Waals surface area contributed by atoms with E-state index in [0.29, 0.717) is 19.6 Å². The molecule has 1 aromatic carbocycles. The Bertz CT molecular complexity index is 607. The zero-order chi connectivity index (χ0) is 16.3. The molecule has 0 bridgehead atoms. The van der Waals surface area contributed by atoms with E-state index >= 15 is 0 Å². The van der Waals surface area contributed by atoms with Gasteiger partial charge in [0.25, 0.3) is 11.6 Å². The van der Waals surface area contributed by atoms with Gasteiger partial charge in [-0.3, -0.25) is 14.9 Å².